The maximum Gasteiger partial charge on any atom is 0.330 e. The fraction of sp³-hybridized carbons (Fsp3) is 0.421. The van der Waals surface area contributed by atoms with Gasteiger partial charge in [0.1, 0.15) is 5.82 Å². The summed E-state index contributed by atoms with van der Waals surface area (Å²) in [6.45, 7) is 6.76. The minimum atomic E-state index is -0.560. The van der Waals surface area contributed by atoms with E-state index in [0.29, 0.717) is 23.2 Å². The van der Waals surface area contributed by atoms with Crippen LogP contribution in [0.5, 0.6) is 0 Å². The van der Waals surface area contributed by atoms with Crippen LogP contribution in [-0.4, -0.2) is 21.2 Å². The fourth-order valence-electron chi connectivity index (χ4n) is 2.84. The Morgan fingerprint density at radius 2 is 2.04 bits per heavy atom. The Hall–Kier alpha value is -2.32. The summed E-state index contributed by atoms with van der Waals surface area (Å²) in [5, 5.41) is 4.07. The Kier molecular flexibility index (Phi) is 7.65. The van der Waals surface area contributed by atoms with Crippen LogP contribution in [0.15, 0.2) is 27.8 Å². The van der Waals surface area contributed by atoms with Crippen molar-refractivity contribution in [2.75, 3.05) is 22.5 Å². The average Bonchev–Trinajstić information content (AvgIpc) is 2.64. The highest BCUT2D eigenvalue weighted by atomic mass is 35.5. The van der Waals surface area contributed by atoms with E-state index in [9.17, 15) is 9.59 Å². The third-order valence-corrected chi connectivity index (χ3v) is 5.15. The van der Waals surface area contributed by atoms with Crippen molar-refractivity contribution in [3.63, 3.8) is 0 Å². The number of aromatic nitrogens is 2. The second-order valence-electron chi connectivity index (χ2n) is 6.49. The van der Waals surface area contributed by atoms with Gasteiger partial charge in [0.2, 0.25) is 0 Å². The van der Waals surface area contributed by atoms with Crippen molar-refractivity contribution < 1.29 is 0 Å². The van der Waals surface area contributed by atoms with Crippen molar-refractivity contribution in [1.29, 1.82) is 0 Å². The van der Waals surface area contributed by atoms with Gasteiger partial charge in [-0.15, -0.1) is 0 Å². The van der Waals surface area contributed by atoms with Crippen molar-refractivity contribution in [3.8, 4) is 0 Å². The normalized spacial score (nSPS) is 10.7. The van der Waals surface area contributed by atoms with E-state index < -0.39 is 11.2 Å². The zero-order valence-electron chi connectivity index (χ0n) is 16.3. The van der Waals surface area contributed by atoms with E-state index in [0.717, 1.165) is 30.5 Å². The van der Waals surface area contributed by atoms with E-state index >= 15 is 0 Å². The number of hydrogen-bond acceptors (Lipinski definition) is 4. The molecule has 2 rings (SSSR count). The molecule has 4 N–H and O–H groups in total. The van der Waals surface area contributed by atoms with Crippen molar-refractivity contribution in [1.82, 2.24) is 9.55 Å². The van der Waals surface area contributed by atoms with Gasteiger partial charge in [0.15, 0.2) is 10.8 Å². The highest BCUT2D eigenvalue weighted by molar-refractivity contribution is 7.80. The van der Waals surface area contributed by atoms with Crippen LogP contribution >= 0.6 is 23.8 Å². The molecule has 0 unspecified atom stereocenters. The lowest BCUT2D eigenvalue weighted by Gasteiger charge is -2.27. The summed E-state index contributed by atoms with van der Waals surface area (Å²) in [5.41, 5.74) is 6.93. The van der Waals surface area contributed by atoms with Gasteiger partial charge in [-0.1, -0.05) is 37.9 Å². The summed E-state index contributed by atoms with van der Waals surface area (Å²) in [6, 6.07) is 5.46. The Labute approximate surface area is 174 Å². The second kappa shape index (κ2) is 9.75. The van der Waals surface area contributed by atoms with Crippen LogP contribution in [0.1, 0.15) is 38.7 Å². The molecule has 1 heterocycles. The van der Waals surface area contributed by atoms with Crippen LogP contribution in [0.4, 0.5) is 17.2 Å². The van der Waals surface area contributed by atoms with Crippen LogP contribution in [-0.2, 0) is 6.54 Å². The minimum absolute atomic E-state index is 0.114. The predicted octanol–water partition coefficient (Wildman–Crippen LogP) is 3.49. The predicted molar refractivity (Wildman–Crippen MR) is 121 cm³/mol. The third-order valence-electron chi connectivity index (χ3n) is 4.42. The van der Waals surface area contributed by atoms with E-state index in [2.05, 4.69) is 10.3 Å². The Balaban J connectivity index is 2.48. The minimum Gasteiger partial charge on any atom is -0.383 e. The van der Waals surface area contributed by atoms with Crippen LogP contribution < -0.4 is 27.2 Å². The first kappa shape index (κ1) is 22.0. The summed E-state index contributed by atoms with van der Waals surface area (Å²) in [5.74, 6) is 0.114. The summed E-state index contributed by atoms with van der Waals surface area (Å²) in [4.78, 5) is 28.8. The molecule has 0 bridgehead atoms. The van der Waals surface area contributed by atoms with Crippen LogP contribution in [0.25, 0.3) is 0 Å². The molecule has 0 atom stereocenters. The molecule has 0 radical (unpaired) electrons. The molecule has 0 spiro atoms. The zero-order valence-corrected chi connectivity index (χ0v) is 17.9. The second-order valence-corrected chi connectivity index (χ2v) is 7.29. The monoisotopic (exact) mass is 423 g/mol. The quantitative estimate of drug-likeness (QED) is 0.590. The number of hydrogen-bond donors (Lipinski definition) is 3. The van der Waals surface area contributed by atoms with E-state index in [1.807, 2.05) is 32.9 Å². The molecule has 1 aromatic heterocycles. The van der Waals surface area contributed by atoms with Gasteiger partial charge in [-0.05, 0) is 49.7 Å². The topological polar surface area (TPSA) is 96.2 Å². The van der Waals surface area contributed by atoms with Gasteiger partial charge in [0, 0.05) is 23.8 Å². The molecule has 9 heteroatoms. The van der Waals surface area contributed by atoms with Crippen LogP contribution in [0.2, 0.25) is 5.02 Å². The van der Waals surface area contributed by atoms with Crippen LogP contribution in [0.3, 0.4) is 0 Å². The lowest BCUT2D eigenvalue weighted by molar-refractivity contribution is 0.604. The van der Waals surface area contributed by atoms with Gasteiger partial charge in [0.25, 0.3) is 5.56 Å². The molecule has 0 saturated heterocycles. The molecular weight excluding hydrogens is 398 g/mol. The lowest BCUT2D eigenvalue weighted by atomic mass is 10.2. The number of unbranched alkanes of at least 4 members (excludes halogenated alkanes) is 1. The molecule has 7 nitrogen and oxygen atoms in total. The van der Waals surface area contributed by atoms with Gasteiger partial charge in [-0.2, -0.15) is 0 Å². The summed E-state index contributed by atoms with van der Waals surface area (Å²) >= 11 is 11.7. The first-order valence-electron chi connectivity index (χ1n) is 9.28. The highest BCUT2D eigenvalue weighted by Crippen LogP contribution is 2.25. The van der Waals surface area contributed by atoms with Gasteiger partial charge >= 0.3 is 5.69 Å². The fourth-order valence-corrected chi connectivity index (χ4v) is 3.31. The number of nitrogens with zero attached hydrogens (tertiary/aromatic N) is 2. The molecule has 0 aliphatic rings. The number of H-pyrrole nitrogens is 1. The lowest BCUT2D eigenvalue weighted by Crippen LogP contribution is -2.43. The highest BCUT2D eigenvalue weighted by Gasteiger charge is 2.22. The summed E-state index contributed by atoms with van der Waals surface area (Å²) in [6.07, 6.45) is 2.39. The summed E-state index contributed by atoms with van der Waals surface area (Å²) < 4.78 is 1.39. The van der Waals surface area contributed by atoms with Crippen molar-refractivity contribution in [3.05, 3.63) is 49.6 Å². The molecule has 1 aromatic carbocycles. The Bertz CT molecular complexity index is 970. The molecule has 152 valence electrons. The average molecular weight is 424 g/mol. The number of nitrogen functional groups attached to an aromatic ring is 1. The van der Waals surface area contributed by atoms with Crippen LogP contribution in [0, 0.1) is 6.92 Å². The van der Waals surface area contributed by atoms with E-state index in [-0.39, 0.29) is 11.5 Å². The Morgan fingerprint density at radius 3 is 2.68 bits per heavy atom. The van der Waals surface area contributed by atoms with Crippen molar-refractivity contribution in [2.45, 2.75) is 46.6 Å². The first-order valence-corrected chi connectivity index (χ1v) is 10.1. The number of anilines is 3. The largest absolute Gasteiger partial charge is 0.383 e. The molecular formula is C19H26ClN5O2S. The third kappa shape index (κ3) is 4.74. The first-order chi connectivity index (χ1) is 13.3. The maximum absolute atomic E-state index is 12.6. The number of halogens is 1. The van der Waals surface area contributed by atoms with Crippen molar-refractivity contribution >= 4 is 46.1 Å². The zero-order chi connectivity index (χ0) is 20.8. The van der Waals surface area contributed by atoms with Gasteiger partial charge in [-0.3, -0.25) is 14.3 Å². The number of rotatable bonds is 7. The van der Waals surface area contributed by atoms with Crippen molar-refractivity contribution in [2.24, 2.45) is 0 Å². The Morgan fingerprint density at radius 1 is 1.32 bits per heavy atom. The number of benzene rings is 1. The molecule has 28 heavy (non-hydrogen) atoms. The SMILES string of the molecule is CCCCn1c(N)c(N(CCC)C(=S)Nc2cccc(Cl)c2C)c(=O)[nH]c1=O. The number of nitrogens with two attached hydrogens (primary N) is 1. The van der Waals surface area contributed by atoms with E-state index in [1.165, 1.54) is 4.57 Å². The molecule has 0 aliphatic heterocycles. The molecule has 0 aliphatic carbocycles. The van der Waals surface area contributed by atoms with Gasteiger partial charge in [-0.25, -0.2) is 4.79 Å². The molecule has 0 saturated carbocycles. The maximum atomic E-state index is 12.6. The molecule has 0 amide bonds. The van der Waals surface area contributed by atoms with Gasteiger partial charge in [0.05, 0.1) is 0 Å². The standard InChI is InChI=1S/C19H26ClN5O2S/c1-4-6-11-25-16(21)15(17(26)23-18(25)27)24(10-5-2)19(28)22-14-9-7-8-13(20)12(14)3/h7-9H,4-6,10-11,21H2,1-3H3,(H,22,28)(H,23,26,27). The summed E-state index contributed by atoms with van der Waals surface area (Å²) in [7, 11) is 0. The van der Waals surface area contributed by atoms with E-state index in [4.69, 9.17) is 29.6 Å². The molecule has 0 fully saturated rings. The number of thiocarbonyl (C=S) groups is 1. The van der Waals surface area contributed by atoms with Gasteiger partial charge < -0.3 is 16.0 Å². The number of nitrogens with one attached hydrogen (secondary N) is 2. The smallest absolute Gasteiger partial charge is 0.330 e. The molecule has 2 aromatic rings. The van der Waals surface area contributed by atoms with E-state index in [1.54, 1.807) is 11.0 Å². The number of aromatic amines is 1.